The first-order valence-corrected chi connectivity index (χ1v) is 11.4. The fourth-order valence-corrected chi connectivity index (χ4v) is 6.28. The molecule has 0 amide bonds. The first-order valence-electron chi connectivity index (χ1n) is 9.44. The summed E-state index contributed by atoms with van der Waals surface area (Å²) in [7, 11) is -2.59. The summed E-state index contributed by atoms with van der Waals surface area (Å²) in [5.41, 5.74) is 0.611. The van der Waals surface area contributed by atoms with Crippen LogP contribution in [-0.4, -0.2) is 54.4 Å². The van der Waals surface area contributed by atoms with E-state index in [9.17, 15) is 4.79 Å². The molecule has 6 nitrogen and oxygen atoms in total. The van der Waals surface area contributed by atoms with Crippen LogP contribution in [0.5, 0.6) is 0 Å². The Hall–Kier alpha value is -0.733. The van der Waals surface area contributed by atoms with E-state index in [1.807, 2.05) is 20.8 Å². The third-order valence-electron chi connectivity index (χ3n) is 4.82. The Morgan fingerprint density at radius 2 is 1.60 bits per heavy atom. The molecule has 1 aliphatic carbocycles. The molecule has 25 heavy (non-hydrogen) atoms. The highest BCUT2D eigenvalue weighted by atomic mass is 28.4. The SMILES string of the molecule is C=C(C(=O)OCCCC[Si](OCC)(OCC)OCC)C1C2COCC21. The van der Waals surface area contributed by atoms with Crippen LogP contribution in [-0.2, 0) is 27.5 Å². The summed E-state index contributed by atoms with van der Waals surface area (Å²) in [6, 6.07) is 0.741. The molecule has 1 aliphatic heterocycles. The van der Waals surface area contributed by atoms with E-state index in [-0.39, 0.29) is 11.9 Å². The van der Waals surface area contributed by atoms with E-state index in [4.69, 9.17) is 22.8 Å². The monoisotopic (exact) mass is 372 g/mol. The predicted octanol–water partition coefficient (Wildman–Crippen LogP) is 2.81. The molecule has 2 aliphatic rings. The summed E-state index contributed by atoms with van der Waals surface area (Å²) in [4.78, 5) is 12.1. The summed E-state index contributed by atoms with van der Waals surface area (Å²) in [6.45, 7) is 13.4. The van der Waals surface area contributed by atoms with E-state index < -0.39 is 8.80 Å². The van der Waals surface area contributed by atoms with Gasteiger partial charge in [-0.15, -0.1) is 0 Å². The lowest BCUT2D eigenvalue weighted by Gasteiger charge is -2.28. The Kier molecular flexibility index (Phi) is 8.09. The third kappa shape index (κ3) is 5.37. The minimum Gasteiger partial charge on any atom is -0.462 e. The Balaban J connectivity index is 1.65. The summed E-state index contributed by atoms with van der Waals surface area (Å²) >= 11 is 0. The smallest absolute Gasteiger partial charge is 0.462 e. The van der Waals surface area contributed by atoms with Gasteiger partial charge in [0.1, 0.15) is 0 Å². The molecular formula is C18H32O6Si. The van der Waals surface area contributed by atoms with E-state index in [1.54, 1.807) is 0 Å². The fourth-order valence-electron chi connectivity index (χ4n) is 3.60. The molecule has 0 aromatic rings. The zero-order valence-corrected chi connectivity index (χ0v) is 16.8. The van der Waals surface area contributed by atoms with Gasteiger partial charge in [0, 0.05) is 37.4 Å². The molecule has 2 fully saturated rings. The number of hydrogen-bond donors (Lipinski definition) is 0. The van der Waals surface area contributed by atoms with Crippen LogP contribution in [0.1, 0.15) is 33.6 Å². The highest BCUT2D eigenvalue weighted by Gasteiger charge is 2.56. The summed E-state index contributed by atoms with van der Waals surface area (Å²) in [6.07, 6.45) is 1.61. The van der Waals surface area contributed by atoms with Crippen molar-refractivity contribution in [1.82, 2.24) is 0 Å². The maximum absolute atomic E-state index is 12.1. The van der Waals surface area contributed by atoms with Crippen molar-refractivity contribution in [2.45, 2.75) is 39.7 Å². The molecular weight excluding hydrogens is 340 g/mol. The second kappa shape index (κ2) is 9.82. The Labute approximate surface area is 152 Å². The lowest BCUT2D eigenvalue weighted by Crippen LogP contribution is -2.45. The van der Waals surface area contributed by atoms with Gasteiger partial charge in [-0.3, -0.25) is 0 Å². The van der Waals surface area contributed by atoms with Crippen molar-refractivity contribution in [3.05, 3.63) is 12.2 Å². The molecule has 0 N–H and O–H groups in total. The van der Waals surface area contributed by atoms with Gasteiger partial charge in [-0.2, -0.15) is 0 Å². The first-order chi connectivity index (χ1) is 12.1. The number of ether oxygens (including phenoxy) is 2. The maximum Gasteiger partial charge on any atom is 0.500 e. The third-order valence-corrected chi connectivity index (χ3v) is 7.97. The number of esters is 1. The predicted molar refractivity (Wildman–Crippen MR) is 96.1 cm³/mol. The van der Waals surface area contributed by atoms with Gasteiger partial charge >= 0.3 is 14.8 Å². The van der Waals surface area contributed by atoms with Crippen molar-refractivity contribution >= 4 is 14.8 Å². The highest BCUT2D eigenvalue weighted by Crippen LogP contribution is 2.54. The minimum absolute atomic E-state index is 0.262. The summed E-state index contributed by atoms with van der Waals surface area (Å²) < 4.78 is 28.2. The van der Waals surface area contributed by atoms with Crippen molar-refractivity contribution in [2.75, 3.05) is 39.6 Å². The van der Waals surface area contributed by atoms with Crippen molar-refractivity contribution < 1.29 is 27.5 Å². The molecule has 7 heteroatoms. The van der Waals surface area contributed by atoms with Gasteiger partial charge < -0.3 is 22.8 Å². The van der Waals surface area contributed by atoms with Gasteiger partial charge in [0.15, 0.2) is 0 Å². The molecule has 0 aromatic heterocycles. The van der Waals surface area contributed by atoms with Crippen LogP contribution in [0.2, 0.25) is 6.04 Å². The number of carbonyl (C=O) groups is 1. The van der Waals surface area contributed by atoms with Gasteiger partial charge in [-0.25, -0.2) is 4.79 Å². The zero-order chi connectivity index (χ0) is 18.3. The van der Waals surface area contributed by atoms with Crippen LogP contribution >= 0.6 is 0 Å². The second-order valence-corrected chi connectivity index (χ2v) is 9.22. The quantitative estimate of drug-likeness (QED) is 0.214. The molecule has 144 valence electrons. The molecule has 1 saturated heterocycles. The maximum atomic E-state index is 12.1. The first kappa shape index (κ1) is 20.6. The lowest BCUT2D eigenvalue weighted by molar-refractivity contribution is -0.139. The standard InChI is InChI=1S/C18H32O6Si/c1-5-22-25(23-6-2,24-7-3)11-9-8-10-21-18(19)14(4)17-15-12-20-13-16(15)17/h15-17H,4-13H2,1-3H3. The number of hydrogen-bond acceptors (Lipinski definition) is 6. The molecule has 0 radical (unpaired) electrons. The van der Waals surface area contributed by atoms with Gasteiger partial charge in [-0.1, -0.05) is 6.58 Å². The number of rotatable bonds is 13. The highest BCUT2D eigenvalue weighted by molar-refractivity contribution is 6.60. The van der Waals surface area contributed by atoms with Crippen molar-refractivity contribution in [3.8, 4) is 0 Å². The van der Waals surface area contributed by atoms with Crippen molar-refractivity contribution in [2.24, 2.45) is 17.8 Å². The molecule has 2 unspecified atom stereocenters. The van der Waals surface area contributed by atoms with E-state index in [2.05, 4.69) is 6.58 Å². The molecule has 2 atom stereocenters. The molecule has 0 bridgehead atoms. The average Bonchev–Trinajstić information content (AvgIpc) is 3.05. The van der Waals surface area contributed by atoms with E-state index in [1.165, 1.54) is 0 Å². The van der Waals surface area contributed by atoms with Gasteiger partial charge in [-0.05, 0) is 45.4 Å². The number of fused-ring (bicyclic) bond motifs is 1. The van der Waals surface area contributed by atoms with Gasteiger partial charge in [0.2, 0.25) is 0 Å². The van der Waals surface area contributed by atoms with Crippen LogP contribution in [0.4, 0.5) is 0 Å². The molecule has 0 spiro atoms. The number of unbranched alkanes of at least 4 members (excludes halogenated alkanes) is 1. The van der Waals surface area contributed by atoms with E-state index in [0.29, 0.717) is 43.8 Å². The summed E-state index contributed by atoms with van der Waals surface area (Å²) in [5, 5.41) is 0. The molecule has 1 saturated carbocycles. The Bertz CT molecular complexity index is 428. The second-order valence-electron chi connectivity index (χ2n) is 6.49. The Morgan fingerprint density at radius 1 is 1.04 bits per heavy atom. The lowest BCUT2D eigenvalue weighted by atomic mass is 10.1. The van der Waals surface area contributed by atoms with Crippen LogP contribution < -0.4 is 0 Å². The molecule has 2 rings (SSSR count). The van der Waals surface area contributed by atoms with E-state index >= 15 is 0 Å². The number of carbonyl (C=O) groups excluding carboxylic acids is 1. The fraction of sp³-hybridized carbons (Fsp3) is 0.833. The van der Waals surface area contributed by atoms with Crippen LogP contribution in [0.15, 0.2) is 12.2 Å². The van der Waals surface area contributed by atoms with E-state index in [0.717, 1.165) is 32.1 Å². The van der Waals surface area contributed by atoms with Gasteiger partial charge in [0.05, 0.1) is 19.8 Å². The van der Waals surface area contributed by atoms with Gasteiger partial charge in [0.25, 0.3) is 0 Å². The van der Waals surface area contributed by atoms with Crippen LogP contribution in [0.3, 0.4) is 0 Å². The Morgan fingerprint density at radius 3 is 2.12 bits per heavy atom. The largest absolute Gasteiger partial charge is 0.500 e. The van der Waals surface area contributed by atoms with Crippen LogP contribution in [0.25, 0.3) is 0 Å². The average molecular weight is 373 g/mol. The zero-order valence-electron chi connectivity index (χ0n) is 15.8. The summed E-state index contributed by atoms with van der Waals surface area (Å²) in [5.74, 6) is 0.975. The molecule has 1 heterocycles. The van der Waals surface area contributed by atoms with Crippen molar-refractivity contribution in [1.29, 1.82) is 0 Å². The topological polar surface area (TPSA) is 63.2 Å². The normalized spacial score (nSPS) is 24.8. The molecule has 0 aromatic carbocycles. The van der Waals surface area contributed by atoms with Crippen molar-refractivity contribution in [3.63, 3.8) is 0 Å². The minimum atomic E-state index is -2.59. The van der Waals surface area contributed by atoms with Crippen LogP contribution in [0, 0.1) is 17.8 Å².